The van der Waals surface area contributed by atoms with Gasteiger partial charge in [-0.05, 0) is 62.9 Å². The van der Waals surface area contributed by atoms with E-state index in [0.717, 1.165) is 60.0 Å². The van der Waals surface area contributed by atoms with Crippen LogP contribution >= 0.6 is 0 Å². The molecular formula is C25H28N6O. The van der Waals surface area contributed by atoms with Crippen molar-refractivity contribution in [2.45, 2.75) is 45.3 Å². The van der Waals surface area contributed by atoms with Gasteiger partial charge in [0.1, 0.15) is 5.82 Å². The van der Waals surface area contributed by atoms with Crippen LogP contribution in [0, 0.1) is 0 Å². The summed E-state index contributed by atoms with van der Waals surface area (Å²) in [5.41, 5.74) is 5.27. The van der Waals surface area contributed by atoms with Crippen LogP contribution in [0.1, 0.15) is 43.6 Å². The van der Waals surface area contributed by atoms with Crippen molar-refractivity contribution in [3.63, 3.8) is 0 Å². The first-order chi connectivity index (χ1) is 15.7. The monoisotopic (exact) mass is 428 g/mol. The standard InChI is InChI=1S/C25H28N6O/c1-16(2)32-24-15-27-14-22(30-24)18-6-5-17-7-8-20(21(17)12-18)25-28-11-9-23(31-25)29-19-4-3-10-26-13-19/h5-6,8-9,11-12,14-16,19,26H,3-4,7,10,13H2,1-2H3,(H,28,29,31)/t19-/m1/s1. The number of fused-ring (bicyclic) bond motifs is 1. The van der Waals surface area contributed by atoms with E-state index in [1.165, 1.54) is 12.0 Å². The zero-order valence-electron chi connectivity index (χ0n) is 18.5. The first kappa shape index (κ1) is 20.6. The van der Waals surface area contributed by atoms with Crippen molar-refractivity contribution in [3.8, 4) is 17.1 Å². The molecule has 0 amide bonds. The molecule has 1 aliphatic carbocycles. The lowest BCUT2D eigenvalue weighted by atomic mass is 10.0. The molecule has 2 aliphatic rings. The Hall–Kier alpha value is -3.32. The SMILES string of the molecule is CC(C)Oc1cncc(-c2ccc3c(c2)C(c2nccc(N[C@@H]4CCCNC4)n2)=CC3)n1. The third-order valence-electron chi connectivity index (χ3n) is 5.74. The summed E-state index contributed by atoms with van der Waals surface area (Å²) in [7, 11) is 0. The quantitative estimate of drug-likeness (QED) is 0.616. The molecule has 7 nitrogen and oxygen atoms in total. The predicted octanol–water partition coefficient (Wildman–Crippen LogP) is 3.87. The van der Waals surface area contributed by atoms with Crippen molar-refractivity contribution >= 4 is 11.4 Å². The van der Waals surface area contributed by atoms with E-state index in [1.807, 2.05) is 26.1 Å². The fourth-order valence-electron chi connectivity index (χ4n) is 4.24. The Bertz CT molecular complexity index is 1140. The number of allylic oxidation sites excluding steroid dienone is 1. The molecule has 7 heteroatoms. The van der Waals surface area contributed by atoms with Crippen molar-refractivity contribution in [1.82, 2.24) is 25.3 Å². The van der Waals surface area contributed by atoms with E-state index in [2.05, 4.69) is 49.9 Å². The molecule has 0 unspecified atom stereocenters. The van der Waals surface area contributed by atoms with Gasteiger partial charge in [-0.15, -0.1) is 0 Å². The summed E-state index contributed by atoms with van der Waals surface area (Å²) < 4.78 is 5.72. The van der Waals surface area contributed by atoms with Crippen molar-refractivity contribution < 1.29 is 4.74 Å². The van der Waals surface area contributed by atoms with Crippen LogP contribution in [0.25, 0.3) is 16.8 Å². The number of ether oxygens (including phenoxy) is 1. The average Bonchev–Trinajstić information content (AvgIpc) is 3.23. The molecule has 1 saturated heterocycles. The molecule has 3 aromatic rings. The Morgan fingerprint density at radius 3 is 2.94 bits per heavy atom. The molecule has 0 bridgehead atoms. The van der Waals surface area contributed by atoms with E-state index < -0.39 is 0 Å². The van der Waals surface area contributed by atoms with Crippen LogP contribution in [0.5, 0.6) is 5.88 Å². The van der Waals surface area contributed by atoms with Crippen LogP contribution in [-0.4, -0.2) is 45.2 Å². The second kappa shape index (κ2) is 9.04. The normalized spacial score (nSPS) is 17.7. The maximum absolute atomic E-state index is 5.72. The van der Waals surface area contributed by atoms with Crippen LogP contribution in [0.2, 0.25) is 0 Å². The highest BCUT2D eigenvalue weighted by Crippen LogP contribution is 2.34. The number of anilines is 1. The van der Waals surface area contributed by atoms with Gasteiger partial charge in [-0.2, -0.15) is 0 Å². The number of hydrogen-bond donors (Lipinski definition) is 2. The van der Waals surface area contributed by atoms with Crippen LogP contribution in [0.4, 0.5) is 5.82 Å². The molecule has 1 aromatic carbocycles. The average molecular weight is 429 g/mol. The van der Waals surface area contributed by atoms with Gasteiger partial charge < -0.3 is 15.4 Å². The molecule has 0 saturated carbocycles. The number of aromatic nitrogens is 4. The highest BCUT2D eigenvalue weighted by molar-refractivity contribution is 5.84. The second-order valence-corrected chi connectivity index (χ2v) is 8.56. The Labute approximate surface area is 188 Å². The van der Waals surface area contributed by atoms with Gasteiger partial charge in [-0.1, -0.05) is 18.2 Å². The molecule has 1 atom stereocenters. The van der Waals surface area contributed by atoms with Crippen molar-refractivity contribution in [3.05, 3.63) is 65.9 Å². The zero-order valence-corrected chi connectivity index (χ0v) is 18.5. The number of hydrogen-bond acceptors (Lipinski definition) is 7. The molecule has 5 rings (SSSR count). The third-order valence-corrected chi connectivity index (χ3v) is 5.74. The molecule has 0 radical (unpaired) electrons. The van der Waals surface area contributed by atoms with Crippen molar-refractivity contribution in [2.75, 3.05) is 18.4 Å². The summed E-state index contributed by atoms with van der Waals surface area (Å²) in [5.74, 6) is 2.16. The fraction of sp³-hybridized carbons (Fsp3) is 0.360. The minimum atomic E-state index is 0.0523. The van der Waals surface area contributed by atoms with Gasteiger partial charge >= 0.3 is 0 Å². The Morgan fingerprint density at radius 1 is 1.16 bits per heavy atom. The smallest absolute Gasteiger partial charge is 0.233 e. The van der Waals surface area contributed by atoms with Crippen molar-refractivity contribution in [2.24, 2.45) is 0 Å². The number of rotatable bonds is 6. The highest BCUT2D eigenvalue weighted by Gasteiger charge is 2.20. The summed E-state index contributed by atoms with van der Waals surface area (Å²) in [6.07, 6.45) is 10.7. The molecule has 3 heterocycles. The first-order valence-electron chi connectivity index (χ1n) is 11.3. The topological polar surface area (TPSA) is 84.9 Å². The van der Waals surface area contributed by atoms with E-state index in [9.17, 15) is 0 Å². The van der Waals surface area contributed by atoms with E-state index in [0.29, 0.717) is 11.9 Å². The van der Waals surface area contributed by atoms with Gasteiger partial charge in [0.05, 0.1) is 24.2 Å². The molecule has 164 valence electrons. The Balaban J connectivity index is 1.41. The van der Waals surface area contributed by atoms with Crippen LogP contribution in [0.15, 0.2) is 48.9 Å². The highest BCUT2D eigenvalue weighted by atomic mass is 16.5. The van der Waals surface area contributed by atoms with E-state index >= 15 is 0 Å². The Morgan fingerprint density at radius 2 is 2.09 bits per heavy atom. The molecule has 1 fully saturated rings. The van der Waals surface area contributed by atoms with Crippen molar-refractivity contribution in [1.29, 1.82) is 0 Å². The molecule has 2 aromatic heterocycles. The van der Waals surface area contributed by atoms with Crippen LogP contribution in [-0.2, 0) is 6.42 Å². The number of nitrogens with zero attached hydrogens (tertiary/aromatic N) is 4. The summed E-state index contributed by atoms with van der Waals surface area (Å²) in [6.45, 7) is 6.02. The lowest BCUT2D eigenvalue weighted by Crippen LogP contribution is -2.38. The molecular weight excluding hydrogens is 400 g/mol. The lowest BCUT2D eigenvalue weighted by Gasteiger charge is -2.24. The summed E-state index contributed by atoms with van der Waals surface area (Å²) >= 11 is 0. The van der Waals surface area contributed by atoms with Gasteiger partial charge in [-0.3, -0.25) is 4.98 Å². The van der Waals surface area contributed by atoms with Crippen LogP contribution in [0.3, 0.4) is 0 Å². The van der Waals surface area contributed by atoms with Gasteiger partial charge in [-0.25, -0.2) is 15.0 Å². The molecule has 2 N–H and O–H groups in total. The lowest BCUT2D eigenvalue weighted by molar-refractivity contribution is 0.232. The minimum absolute atomic E-state index is 0.0523. The van der Waals surface area contributed by atoms with Gasteiger partial charge in [0.2, 0.25) is 5.88 Å². The molecule has 0 spiro atoms. The largest absolute Gasteiger partial charge is 0.474 e. The van der Waals surface area contributed by atoms with Crippen LogP contribution < -0.4 is 15.4 Å². The molecule has 1 aliphatic heterocycles. The third kappa shape index (κ3) is 4.48. The number of piperidine rings is 1. The van der Waals surface area contributed by atoms with E-state index in [1.54, 1.807) is 12.4 Å². The fourth-order valence-corrected chi connectivity index (χ4v) is 4.24. The van der Waals surface area contributed by atoms with E-state index in [4.69, 9.17) is 9.72 Å². The van der Waals surface area contributed by atoms with Gasteiger partial charge in [0.15, 0.2) is 5.82 Å². The van der Waals surface area contributed by atoms with E-state index in [-0.39, 0.29) is 6.10 Å². The zero-order chi connectivity index (χ0) is 21.9. The maximum Gasteiger partial charge on any atom is 0.233 e. The summed E-state index contributed by atoms with van der Waals surface area (Å²) in [6, 6.07) is 8.75. The molecule has 32 heavy (non-hydrogen) atoms. The second-order valence-electron chi connectivity index (χ2n) is 8.56. The maximum atomic E-state index is 5.72. The first-order valence-corrected chi connectivity index (χ1v) is 11.3. The summed E-state index contributed by atoms with van der Waals surface area (Å²) in [4.78, 5) is 18.4. The predicted molar refractivity (Wildman–Crippen MR) is 126 cm³/mol. The van der Waals surface area contributed by atoms with Gasteiger partial charge in [0, 0.05) is 29.9 Å². The van der Waals surface area contributed by atoms with Gasteiger partial charge in [0.25, 0.3) is 0 Å². The summed E-state index contributed by atoms with van der Waals surface area (Å²) in [5, 5.41) is 6.99. The minimum Gasteiger partial charge on any atom is -0.474 e. The Kier molecular flexibility index (Phi) is 5.81. The number of benzene rings is 1. The number of nitrogens with one attached hydrogen (secondary N) is 2.